The van der Waals surface area contributed by atoms with E-state index in [4.69, 9.17) is 9.47 Å². The predicted molar refractivity (Wildman–Crippen MR) is 53.1 cm³/mol. The lowest BCUT2D eigenvalue weighted by Gasteiger charge is -2.40. The van der Waals surface area contributed by atoms with Crippen LogP contribution in [0.4, 0.5) is 0 Å². The van der Waals surface area contributed by atoms with Crippen molar-refractivity contribution in [2.24, 2.45) is 11.8 Å². The normalized spacial score (nSPS) is 43.8. The van der Waals surface area contributed by atoms with Crippen LogP contribution in [0.3, 0.4) is 0 Å². The molecule has 4 heteroatoms. The Morgan fingerprint density at radius 3 is 2.79 bits per heavy atom. The van der Waals surface area contributed by atoms with Gasteiger partial charge in [0.2, 0.25) is 0 Å². The Labute approximate surface area is 90.6 Å². The average Bonchev–Trinajstić information content (AvgIpc) is 2.81. The van der Waals surface area contributed by atoms with E-state index >= 15 is 0 Å². The number of hydrogen-bond acceptors (Lipinski definition) is 3. The van der Waals surface area contributed by atoms with Gasteiger partial charge in [0.15, 0.2) is 11.6 Å². The molecule has 3 aliphatic rings. The zero-order valence-electron chi connectivity index (χ0n) is 7.61. The molecule has 1 aliphatic heterocycles. The fourth-order valence-electron chi connectivity index (χ4n) is 2.59. The van der Waals surface area contributed by atoms with Crippen molar-refractivity contribution in [3.8, 4) is 0 Å². The van der Waals surface area contributed by atoms with Crippen LogP contribution < -0.4 is 0 Å². The lowest BCUT2D eigenvalue weighted by atomic mass is 9.81. The molecular weight excluding hydrogens is 248 g/mol. The summed E-state index contributed by atoms with van der Waals surface area (Å²) in [5.74, 6) is -0.211. The van der Waals surface area contributed by atoms with Gasteiger partial charge in [0.05, 0.1) is 13.2 Å². The molecule has 3 rings (SSSR count). The molecule has 3 atom stereocenters. The van der Waals surface area contributed by atoms with Crippen molar-refractivity contribution in [1.82, 2.24) is 0 Å². The van der Waals surface area contributed by atoms with Gasteiger partial charge in [-0.3, -0.25) is 4.79 Å². The van der Waals surface area contributed by atoms with Crippen LogP contribution in [0, 0.1) is 11.8 Å². The Kier molecular flexibility index (Phi) is 1.88. The van der Waals surface area contributed by atoms with Crippen LogP contribution in [-0.4, -0.2) is 29.6 Å². The van der Waals surface area contributed by atoms with Crippen molar-refractivity contribution in [1.29, 1.82) is 0 Å². The molecule has 0 radical (unpaired) electrons. The van der Waals surface area contributed by atoms with Crippen LogP contribution in [0.15, 0.2) is 12.2 Å². The van der Waals surface area contributed by atoms with E-state index in [2.05, 4.69) is 22.0 Å². The SMILES string of the molecule is O=C1C2C=CC(C2)C2(OCCO2)C1Br. The van der Waals surface area contributed by atoms with Crippen LogP contribution in [0.5, 0.6) is 0 Å². The maximum atomic E-state index is 11.9. The molecule has 14 heavy (non-hydrogen) atoms. The van der Waals surface area contributed by atoms with Gasteiger partial charge in [-0.05, 0) is 6.42 Å². The summed E-state index contributed by atoms with van der Waals surface area (Å²) in [6.45, 7) is 1.18. The summed E-state index contributed by atoms with van der Waals surface area (Å²) in [6.07, 6.45) is 4.90. The molecule has 2 bridgehead atoms. The zero-order valence-corrected chi connectivity index (χ0v) is 9.20. The van der Waals surface area contributed by atoms with Gasteiger partial charge in [-0.2, -0.15) is 0 Å². The quantitative estimate of drug-likeness (QED) is 0.485. The third-order valence-corrected chi connectivity index (χ3v) is 4.40. The largest absolute Gasteiger partial charge is 0.345 e. The van der Waals surface area contributed by atoms with Crippen LogP contribution >= 0.6 is 15.9 Å². The molecule has 1 spiro atoms. The molecule has 0 aromatic carbocycles. The first kappa shape index (κ1) is 9.07. The van der Waals surface area contributed by atoms with E-state index in [0.29, 0.717) is 13.2 Å². The fourth-order valence-corrected chi connectivity index (χ4v) is 3.53. The summed E-state index contributed by atoms with van der Waals surface area (Å²) in [4.78, 5) is 11.6. The van der Waals surface area contributed by atoms with E-state index in [0.717, 1.165) is 6.42 Å². The van der Waals surface area contributed by atoms with Crippen LogP contribution in [-0.2, 0) is 14.3 Å². The zero-order chi connectivity index (χ0) is 9.76. The molecule has 1 heterocycles. The van der Waals surface area contributed by atoms with Crippen molar-refractivity contribution < 1.29 is 14.3 Å². The minimum atomic E-state index is -0.708. The minimum Gasteiger partial charge on any atom is -0.345 e. The Hall–Kier alpha value is -0.190. The molecule has 0 amide bonds. The molecule has 76 valence electrons. The highest BCUT2D eigenvalue weighted by molar-refractivity contribution is 9.10. The van der Waals surface area contributed by atoms with Crippen LogP contribution in [0.1, 0.15) is 6.42 Å². The van der Waals surface area contributed by atoms with E-state index in [1.165, 1.54) is 0 Å². The second-order valence-corrected chi connectivity index (χ2v) is 4.93. The maximum Gasteiger partial charge on any atom is 0.194 e. The fraction of sp³-hybridized carbons (Fsp3) is 0.700. The number of rotatable bonds is 0. The molecule has 2 fully saturated rings. The maximum absolute atomic E-state index is 11.9. The van der Waals surface area contributed by atoms with Crippen LogP contribution in [0.2, 0.25) is 0 Å². The highest BCUT2D eigenvalue weighted by Crippen LogP contribution is 2.48. The Morgan fingerprint density at radius 2 is 2.07 bits per heavy atom. The second-order valence-electron chi connectivity index (χ2n) is 4.02. The van der Waals surface area contributed by atoms with Crippen molar-refractivity contribution in [2.45, 2.75) is 17.0 Å². The third kappa shape index (κ3) is 0.965. The first-order valence-corrected chi connectivity index (χ1v) is 5.79. The average molecular weight is 259 g/mol. The smallest absolute Gasteiger partial charge is 0.194 e. The number of fused-ring (bicyclic) bond motifs is 3. The van der Waals surface area contributed by atoms with Gasteiger partial charge in [-0.15, -0.1) is 0 Å². The van der Waals surface area contributed by atoms with Gasteiger partial charge in [0.1, 0.15) is 4.83 Å². The molecule has 0 N–H and O–H groups in total. The van der Waals surface area contributed by atoms with E-state index in [1.807, 2.05) is 6.08 Å². The van der Waals surface area contributed by atoms with Gasteiger partial charge in [0.25, 0.3) is 0 Å². The first-order chi connectivity index (χ1) is 6.74. The number of carbonyl (C=O) groups is 1. The molecular formula is C10H11BrO3. The van der Waals surface area contributed by atoms with Gasteiger partial charge in [0, 0.05) is 11.8 Å². The number of halogens is 1. The third-order valence-electron chi connectivity index (χ3n) is 3.31. The molecule has 3 unspecified atom stereocenters. The lowest BCUT2D eigenvalue weighted by molar-refractivity contribution is -0.195. The Bertz CT molecular complexity index is 306. The predicted octanol–water partition coefficient (Wildman–Crippen LogP) is 1.27. The summed E-state index contributed by atoms with van der Waals surface area (Å²) >= 11 is 3.42. The Morgan fingerprint density at radius 1 is 1.36 bits per heavy atom. The van der Waals surface area contributed by atoms with Gasteiger partial charge in [-0.25, -0.2) is 0 Å². The number of Topliss-reactive ketones (excluding diaryl/α,β-unsaturated/α-hetero) is 1. The molecule has 1 saturated carbocycles. The lowest BCUT2D eigenvalue weighted by Crippen LogP contribution is -2.54. The number of carbonyl (C=O) groups excluding carboxylic acids is 1. The minimum absolute atomic E-state index is 0.0720. The second kappa shape index (κ2) is 2.90. The summed E-state index contributed by atoms with van der Waals surface area (Å²) in [7, 11) is 0. The summed E-state index contributed by atoms with van der Waals surface area (Å²) < 4.78 is 11.3. The number of alkyl halides is 1. The van der Waals surface area contributed by atoms with Crippen molar-refractivity contribution in [3.05, 3.63) is 12.2 Å². The summed E-state index contributed by atoms with van der Waals surface area (Å²) in [5, 5.41) is 0. The number of ketones is 1. The van der Waals surface area contributed by atoms with E-state index in [-0.39, 0.29) is 22.4 Å². The van der Waals surface area contributed by atoms with Gasteiger partial charge < -0.3 is 9.47 Å². The monoisotopic (exact) mass is 258 g/mol. The van der Waals surface area contributed by atoms with Crippen molar-refractivity contribution in [3.63, 3.8) is 0 Å². The van der Waals surface area contributed by atoms with E-state index < -0.39 is 5.79 Å². The summed E-state index contributed by atoms with van der Waals surface area (Å²) in [5.41, 5.74) is 0. The molecule has 2 aliphatic carbocycles. The first-order valence-electron chi connectivity index (χ1n) is 4.88. The van der Waals surface area contributed by atoms with Gasteiger partial charge >= 0.3 is 0 Å². The molecule has 0 aromatic rings. The highest BCUT2D eigenvalue weighted by atomic mass is 79.9. The molecule has 3 nitrogen and oxygen atoms in total. The number of ether oxygens (including phenoxy) is 2. The highest BCUT2D eigenvalue weighted by Gasteiger charge is 2.58. The standard InChI is InChI=1S/C10H11BrO3/c11-9-8(12)6-1-2-7(5-6)10(9)13-3-4-14-10/h1-2,6-7,9H,3-5H2. The van der Waals surface area contributed by atoms with Crippen molar-refractivity contribution in [2.75, 3.05) is 13.2 Å². The molecule has 1 saturated heterocycles. The van der Waals surface area contributed by atoms with Crippen LogP contribution in [0.25, 0.3) is 0 Å². The topological polar surface area (TPSA) is 35.5 Å². The summed E-state index contributed by atoms with van der Waals surface area (Å²) in [6, 6.07) is 0. The van der Waals surface area contributed by atoms with Crippen molar-refractivity contribution >= 4 is 21.7 Å². The molecule has 0 aromatic heterocycles. The van der Waals surface area contributed by atoms with E-state index in [1.54, 1.807) is 0 Å². The van der Waals surface area contributed by atoms with Gasteiger partial charge in [-0.1, -0.05) is 28.1 Å². The number of hydrogen-bond donors (Lipinski definition) is 0. The number of allylic oxidation sites excluding steroid dienone is 1. The van der Waals surface area contributed by atoms with E-state index in [9.17, 15) is 4.79 Å². The Balaban J connectivity index is 2.02.